The summed E-state index contributed by atoms with van der Waals surface area (Å²) in [7, 11) is 0. The third kappa shape index (κ3) is 3.83. The lowest BCUT2D eigenvalue weighted by Gasteiger charge is -2.11. The monoisotopic (exact) mass is 343 g/mol. The number of alkyl halides is 3. The highest BCUT2D eigenvalue weighted by atomic mass is 32.2. The molecule has 0 bridgehead atoms. The van der Waals surface area contributed by atoms with E-state index in [2.05, 4.69) is 4.98 Å². The SMILES string of the molecule is CC[S+]([O-])c1ccc(-c2ccc(C(F)(F)F)cc2)nc1C(=O)O. The number of aromatic nitrogens is 1. The third-order valence-electron chi connectivity index (χ3n) is 3.08. The number of hydrogen-bond donors (Lipinski definition) is 1. The Morgan fingerprint density at radius 3 is 2.30 bits per heavy atom. The molecule has 0 spiro atoms. The molecular weight excluding hydrogens is 331 g/mol. The molecule has 122 valence electrons. The van der Waals surface area contributed by atoms with Gasteiger partial charge in [0.25, 0.3) is 0 Å². The van der Waals surface area contributed by atoms with Crippen LogP contribution in [0.5, 0.6) is 0 Å². The minimum atomic E-state index is -4.44. The molecule has 2 aromatic rings. The van der Waals surface area contributed by atoms with E-state index in [9.17, 15) is 27.6 Å². The molecule has 23 heavy (non-hydrogen) atoms. The Morgan fingerprint density at radius 2 is 1.83 bits per heavy atom. The van der Waals surface area contributed by atoms with Crippen molar-refractivity contribution >= 4 is 17.1 Å². The van der Waals surface area contributed by atoms with Gasteiger partial charge in [-0.05, 0) is 42.4 Å². The minimum absolute atomic E-state index is 0.0932. The molecule has 1 N–H and O–H groups in total. The second-order valence-electron chi connectivity index (χ2n) is 4.56. The number of hydrogen-bond acceptors (Lipinski definition) is 3. The van der Waals surface area contributed by atoms with E-state index in [0.717, 1.165) is 12.1 Å². The molecule has 1 aromatic heterocycles. The lowest BCUT2D eigenvalue weighted by Crippen LogP contribution is -2.13. The second kappa shape index (κ2) is 6.59. The van der Waals surface area contributed by atoms with Gasteiger partial charge in [-0.3, -0.25) is 0 Å². The molecule has 2 rings (SSSR count). The Kier molecular flexibility index (Phi) is 4.96. The number of rotatable bonds is 4. The van der Waals surface area contributed by atoms with E-state index in [1.165, 1.54) is 24.3 Å². The Bertz CT molecular complexity index is 717. The predicted octanol–water partition coefficient (Wildman–Crippen LogP) is 3.59. The van der Waals surface area contributed by atoms with E-state index in [4.69, 9.17) is 0 Å². The maximum absolute atomic E-state index is 12.5. The summed E-state index contributed by atoms with van der Waals surface area (Å²) in [5.41, 5.74) is -0.617. The van der Waals surface area contributed by atoms with Gasteiger partial charge in [0.1, 0.15) is 5.75 Å². The Balaban J connectivity index is 2.44. The molecule has 0 radical (unpaired) electrons. The van der Waals surface area contributed by atoms with Gasteiger partial charge >= 0.3 is 12.1 Å². The molecule has 0 fully saturated rings. The quantitative estimate of drug-likeness (QED) is 0.861. The van der Waals surface area contributed by atoms with Crippen molar-refractivity contribution in [2.45, 2.75) is 18.0 Å². The first kappa shape index (κ1) is 17.3. The van der Waals surface area contributed by atoms with Crippen molar-refractivity contribution in [3.63, 3.8) is 0 Å². The van der Waals surface area contributed by atoms with Crippen LogP contribution in [0.2, 0.25) is 0 Å². The van der Waals surface area contributed by atoms with Gasteiger partial charge < -0.3 is 9.66 Å². The number of carboxylic acid groups (broad SMARTS) is 1. The Morgan fingerprint density at radius 1 is 1.22 bits per heavy atom. The van der Waals surface area contributed by atoms with E-state index in [1.807, 2.05) is 0 Å². The first-order chi connectivity index (χ1) is 10.7. The molecule has 1 aromatic carbocycles. The van der Waals surface area contributed by atoms with Gasteiger partial charge in [-0.1, -0.05) is 12.1 Å². The van der Waals surface area contributed by atoms with E-state index in [0.29, 0.717) is 5.56 Å². The Hall–Kier alpha value is -2.06. The summed E-state index contributed by atoms with van der Waals surface area (Å²) in [6, 6.07) is 7.05. The molecule has 0 aliphatic heterocycles. The van der Waals surface area contributed by atoms with E-state index < -0.39 is 28.9 Å². The number of pyridine rings is 1. The van der Waals surface area contributed by atoms with Crippen molar-refractivity contribution in [1.82, 2.24) is 4.98 Å². The Labute approximate surface area is 133 Å². The number of carbonyl (C=O) groups is 1. The van der Waals surface area contributed by atoms with Gasteiger partial charge in [0.2, 0.25) is 5.69 Å². The molecule has 0 aliphatic rings. The topological polar surface area (TPSA) is 73.2 Å². The largest absolute Gasteiger partial charge is 0.611 e. The molecule has 4 nitrogen and oxygen atoms in total. The van der Waals surface area contributed by atoms with Gasteiger partial charge in [0, 0.05) is 5.56 Å². The summed E-state index contributed by atoms with van der Waals surface area (Å²) < 4.78 is 49.5. The van der Waals surface area contributed by atoms with Gasteiger partial charge in [-0.25, -0.2) is 9.78 Å². The summed E-state index contributed by atoms with van der Waals surface area (Å²) in [6.07, 6.45) is -4.44. The van der Waals surface area contributed by atoms with E-state index in [1.54, 1.807) is 6.92 Å². The van der Waals surface area contributed by atoms with Crippen molar-refractivity contribution in [3.05, 3.63) is 47.7 Å². The van der Waals surface area contributed by atoms with Crippen LogP contribution < -0.4 is 0 Å². The standard InChI is InChI=1S/C15H12F3NO3S/c1-2-23(22)12-8-7-11(19-13(12)14(20)21)9-3-5-10(6-4-9)15(16,17)18/h3-8H,2H2,1H3,(H,20,21). The van der Waals surface area contributed by atoms with Crippen LogP contribution in [0, 0.1) is 0 Å². The molecule has 0 saturated heterocycles. The third-order valence-corrected chi connectivity index (χ3v) is 4.42. The van der Waals surface area contributed by atoms with Gasteiger partial charge in [0.15, 0.2) is 4.90 Å². The van der Waals surface area contributed by atoms with Gasteiger partial charge in [0.05, 0.1) is 11.3 Å². The smallest absolute Gasteiger partial charge is 0.416 e. The average Bonchev–Trinajstić information content (AvgIpc) is 2.52. The van der Waals surface area contributed by atoms with Crippen molar-refractivity contribution in [2.24, 2.45) is 0 Å². The summed E-state index contributed by atoms with van der Waals surface area (Å²) in [5, 5.41) is 9.19. The van der Waals surface area contributed by atoms with Crippen LogP contribution in [-0.4, -0.2) is 26.4 Å². The number of aromatic carboxylic acids is 1. The van der Waals surface area contributed by atoms with Crippen LogP contribution in [0.3, 0.4) is 0 Å². The van der Waals surface area contributed by atoms with Crippen LogP contribution in [0.25, 0.3) is 11.3 Å². The number of carboxylic acids is 1. The fourth-order valence-corrected chi connectivity index (χ4v) is 2.81. The molecule has 0 saturated carbocycles. The fourth-order valence-electron chi connectivity index (χ4n) is 1.93. The summed E-state index contributed by atoms with van der Waals surface area (Å²) >= 11 is -1.49. The highest BCUT2D eigenvalue weighted by Crippen LogP contribution is 2.31. The van der Waals surface area contributed by atoms with Crippen molar-refractivity contribution < 1.29 is 27.6 Å². The summed E-state index contributed by atoms with van der Waals surface area (Å²) in [6.45, 7) is 1.64. The molecule has 1 atom stereocenters. The molecule has 8 heteroatoms. The normalized spacial score (nSPS) is 12.9. The maximum Gasteiger partial charge on any atom is 0.416 e. The summed E-state index contributed by atoms with van der Waals surface area (Å²) in [5.74, 6) is -1.10. The van der Waals surface area contributed by atoms with Crippen LogP contribution in [-0.2, 0) is 17.4 Å². The van der Waals surface area contributed by atoms with Crippen LogP contribution in [0.4, 0.5) is 13.2 Å². The molecular formula is C15H12F3NO3S. The van der Waals surface area contributed by atoms with Gasteiger partial charge in [-0.15, -0.1) is 0 Å². The second-order valence-corrected chi connectivity index (χ2v) is 6.27. The first-order valence-corrected chi connectivity index (χ1v) is 7.86. The molecule has 0 amide bonds. The van der Waals surface area contributed by atoms with Crippen LogP contribution in [0.15, 0.2) is 41.3 Å². The van der Waals surface area contributed by atoms with Crippen molar-refractivity contribution in [3.8, 4) is 11.3 Å². The summed E-state index contributed by atoms with van der Waals surface area (Å²) in [4.78, 5) is 15.3. The van der Waals surface area contributed by atoms with Crippen LogP contribution >= 0.6 is 0 Å². The van der Waals surface area contributed by atoms with Crippen molar-refractivity contribution in [1.29, 1.82) is 0 Å². The lowest BCUT2D eigenvalue weighted by atomic mass is 10.1. The molecule has 0 aliphatic carbocycles. The van der Waals surface area contributed by atoms with Gasteiger partial charge in [-0.2, -0.15) is 13.2 Å². The highest BCUT2D eigenvalue weighted by molar-refractivity contribution is 7.91. The maximum atomic E-state index is 12.5. The number of halogens is 3. The number of nitrogens with zero attached hydrogens (tertiary/aromatic N) is 1. The zero-order valence-corrected chi connectivity index (χ0v) is 12.7. The average molecular weight is 343 g/mol. The predicted molar refractivity (Wildman–Crippen MR) is 78.6 cm³/mol. The zero-order chi connectivity index (χ0) is 17.2. The lowest BCUT2D eigenvalue weighted by molar-refractivity contribution is -0.137. The highest BCUT2D eigenvalue weighted by Gasteiger charge is 2.30. The van der Waals surface area contributed by atoms with E-state index >= 15 is 0 Å². The van der Waals surface area contributed by atoms with E-state index in [-0.39, 0.29) is 22.0 Å². The first-order valence-electron chi connectivity index (χ1n) is 6.54. The fraction of sp³-hybridized carbons (Fsp3) is 0.200. The number of benzene rings is 1. The molecule has 1 unspecified atom stereocenters. The van der Waals surface area contributed by atoms with Crippen LogP contribution in [0.1, 0.15) is 23.0 Å². The zero-order valence-electron chi connectivity index (χ0n) is 11.9. The van der Waals surface area contributed by atoms with Crippen molar-refractivity contribution in [2.75, 3.05) is 5.75 Å². The molecule has 1 heterocycles. The minimum Gasteiger partial charge on any atom is -0.611 e.